The van der Waals surface area contributed by atoms with Crippen LogP contribution >= 0.6 is 39.1 Å². The van der Waals surface area contributed by atoms with E-state index >= 15 is 0 Å². The Bertz CT molecular complexity index is 560. The van der Waals surface area contributed by atoms with Gasteiger partial charge in [0.1, 0.15) is 17.3 Å². The summed E-state index contributed by atoms with van der Waals surface area (Å²) in [5.41, 5.74) is 1.88. The van der Waals surface area contributed by atoms with Gasteiger partial charge >= 0.3 is 0 Å². The van der Waals surface area contributed by atoms with E-state index in [1.165, 1.54) is 6.33 Å². The number of rotatable bonds is 2. The lowest BCUT2D eigenvalue weighted by Crippen LogP contribution is -1.97. The van der Waals surface area contributed by atoms with Gasteiger partial charge in [-0.3, -0.25) is 0 Å². The number of benzene rings is 1. The van der Waals surface area contributed by atoms with Crippen molar-refractivity contribution in [2.45, 2.75) is 6.92 Å². The highest BCUT2D eigenvalue weighted by Gasteiger charge is 2.08. The quantitative estimate of drug-likeness (QED) is 0.817. The van der Waals surface area contributed by atoms with Crippen LogP contribution < -0.4 is 5.32 Å². The van der Waals surface area contributed by atoms with Crippen LogP contribution in [0, 0.1) is 6.92 Å². The van der Waals surface area contributed by atoms with Gasteiger partial charge in [-0.1, -0.05) is 29.3 Å². The van der Waals surface area contributed by atoms with Gasteiger partial charge in [0.25, 0.3) is 0 Å². The van der Waals surface area contributed by atoms with E-state index in [2.05, 4.69) is 31.2 Å². The Kier molecular flexibility index (Phi) is 3.86. The summed E-state index contributed by atoms with van der Waals surface area (Å²) >= 11 is 15.3. The molecule has 0 radical (unpaired) electrons. The summed E-state index contributed by atoms with van der Waals surface area (Å²) in [6.45, 7) is 1.99. The molecule has 0 aliphatic rings. The van der Waals surface area contributed by atoms with Crippen molar-refractivity contribution >= 4 is 50.6 Å². The summed E-state index contributed by atoms with van der Waals surface area (Å²) in [7, 11) is 0. The highest BCUT2D eigenvalue weighted by Crippen LogP contribution is 2.31. The van der Waals surface area contributed by atoms with Crippen molar-refractivity contribution in [1.82, 2.24) is 9.97 Å². The zero-order valence-corrected chi connectivity index (χ0v) is 11.9. The second kappa shape index (κ2) is 5.21. The molecule has 0 saturated carbocycles. The molecule has 1 aromatic carbocycles. The number of hydrogen-bond donors (Lipinski definition) is 1. The molecule has 0 unspecified atom stereocenters. The van der Waals surface area contributed by atoms with Gasteiger partial charge in [0, 0.05) is 0 Å². The second-order valence-corrected chi connectivity index (χ2v) is 4.99. The molecule has 0 bridgehead atoms. The molecule has 88 valence electrons. The molecule has 0 aliphatic carbocycles. The molecule has 1 heterocycles. The third-order valence-corrected chi connectivity index (χ3v) is 3.72. The fourth-order valence-electron chi connectivity index (χ4n) is 1.30. The van der Waals surface area contributed by atoms with Crippen LogP contribution in [-0.2, 0) is 0 Å². The minimum atomic E-state index is 0.353. The molecule has 0 aliphatic heterocycles. The number of aryl methyl sites for hydroxylation is 1. The van der Waals surface area contributed by atoms with E-state index < -0.39 is 0 Å². The maximum atomic E-state index is 6.08. The van der Waals surface area contributed by atoms with E-state index in [1.54, 1.807) is 0 Å². The first-order valence-electron chi connectivity index (χ1n) is 4.77. The summed E-state index contributed by atoms with van der Waals surface area (Å²) in [6.07, 6.45) is 1.39. The zero-order chi connectivity index (χ0) is 12.4. The fourth-order valence-corrected chi connectivity index (χ4v) is 1.90. The molecule has 0 fully saturated rings. The Hall–Kier alpha value is -0.840. The Labute approximate surface area is 117 Å². The van der Waals surface area contributed by atoms with E-state index in [1.807, 2.05) is 25.1 Å². The van der Waals surface area contributed by atoms with Gasteiger partial charge in [0.2, 0.25) is 0 Å². The van der Waals surface area contributed by atoms with Crippen molar-refractivity contribution in [3.8, 4) is 0 Å². The minimum absolute atomic E-state index is 0.353. The number of aromatic nitrogens is 2. The maximum Gasteiger partial charge on any atom is 0.149 e. The molecule has 6 heteroatoms. The molecule has 1 N–H and O–H groups in total. The maximum absolute atomic E-state index is 6.08. The summed E-state index contributed by atoms with van der Waals surface area (Å²) in [6, 6.07) is 5.70. The molecule has 2 rings (SSSR count). The fraction of sp³-hybridized carbons (Fsp3) is 0.0909. The van der Waals surface area contributed by atoms with Crippen molar-refractivity contribution in [3.63, 3.8) is 0 Å². The molecular weight excluding hydrogens is 325 g/mol. The van der Waals surface area contributed by atoms with Gasteiger partial charge in [0.15, 0.2) is 0 Å². The average Bonchev–Trinajstić information content (AvgIpc) is 2.30. The normalized spacial score (nSPS) is 10.4. The summed E-state index contributed by atoms with van der Waals surface area (Å²) < 4.78 is 0.610. The van der Waals surface area contributed by atoms with Crippen LogP contribution in [0.4, 0.5) is 11.5 Å². The lowest BCUT2D eigenvalue weighted by molar-refractivity contribution is 1.15. The van der Waals surface area contributed by atoms with Crippen molar-refractivity contribution < 1.29 is 0 Å². The van der Waals surface area contributed by atoms with Gasteiger partial charge < -0.3 is 5.32 Å². The lowest BCUT2D eigenvalue weighted by atomic mass is 10.2. The molecule has 0 amide bonds. The van der Waals surface area contributed by atoms with E-state index in [4.69, 9.17) is 23.2 Å². The zero-order valence-electron chi connectivity index (χ0n) is 8.84. The first kappa shape index (κ1) is 12.6. The van der Waals surface area contributed by atoms with Crippen LogP contribution in [0.25, 0.3) is 0 Å². The van der Waals surface area contributed by atoms with E-state index in [9.17, 15) is 0 Å². The van der Waals surface area contributed by atoms with Crippen molar-refractivity contribution in [2.24, 2.45) is 0 Å². The van der Waals surface area contributed by atoms with E-state index in [0.29, 0.717) is 20.5 Å². The van der Waals surface area contributed by atoms with Crippen molar-refractivity contribution in [3.05, 3.63) is 44.7 Å². The van der Waals surface area contributed by atoms with E-state index in [-0.39, 0.29) is 0 Å². The largest absolute Gasteiger partial charge is 0.338 e. The monoisotopic (exact) mass is 331 g/mol. The Morgan fingerprint density at radius 1 is 1.24 bits per heavy atom. The Morgan fingerprint density at radius 2 is 2.00 bits per heavy atom. The summed E-state index contributed by atoms with van der Waals surface area (Å²) in [4.78, 5) is 7.95. The number of nitrogens with one attached hydrogen (secondary N) is 1. The van der Waals surface area contributed by atoms with Crippen LogP contribution in [0.3, 0.4) is 0 Å². The predicted molar refractivity (Wildman–Crippen MR) is 74.2 cm³/mol. The van der Waals surface area contributed by atoms with Gasteiger partial charge in [-0.2, -0.15) is 0 Å². The SMILES string of the molecule is Cc1ccc(Cl)c(Nc2ncnc(Cl)c2Br)c1. The number of nitrogens with zero attached hydrogens (tertiary/aromatic N) is 2. The standard InChI is InChI=1S/C11H8BrCl2N3/c1-6-2-3-7(13)8(4-6)17-11-9(12)10(14)15-5-16-11/h2-5H,1H3,(H,15,16,17). The molecule has 3 nitrogen and oxygen atoms in total. The highest BCUT2D eigenvalue weighted by atomic mass is 79.9. The Morgan fingerprint density at radius 3 is 2.76 bits per heavy atom. The first-order valence-corrected chi connectivity index (χ1v) is 6.32. The van der Waals surface area contributed by atoms with Gasteiger partial charge in [-0.05, 0) is 40.5 Å². The number of anilines is 2. The van der Waals surface area contributed by atoms with Gasteiger partial charge in [-0.25, -0.2) is 9.97 Å². The van der Waals surface area contributed by atoms with Gasteiger partial charge in [-0.15, -0.1) is 0 Å². The minimum Gasteiger partial charge on any atom is -0.338 e. The van der Waals surface area contributed by atoms with E-state index in [0.717, 1.165) is 11.3 Å². The number of hydrogen-bond acceptors (Lipinski definition) is 3. The van der Waals surface area contributed by atoms with Crippen LogP contribution in [0.1, 0.15) is 5.56 Å². The molecule has 0 saturated heterocycles. The third-order valence-electron chi connectivity index (χ3n) is 2.12. The van der Waals surface area contributed by atoms with Crippen LogP contribution in [0.2, 0.25) is 10.2 Å². The lowest BCUT2D eigenvalue weighted by Gasteiger charge is -2.10. The predicted octanol–water partition coefficient (Wildman–Crippen LogP) is 4.60. The van der Waals surface area contributed by atoms with Crippen LogP contribution in [-0.4, -0.2) is 9.97 Å². The molecule has 1 aromatic heterocycles. The number of halogens is 3. The third kappa shape index (κ3) is 2.89. The molecular formula is C11H8BrCl2N3. The topological polar surface area (TPSA) is 37.8 Å². The highest BCUT2D eigenvalue weighted by molar-refractivity contribution is 9.10. The molecule has 2 aromatic rings. The van der Waals surface area contributed by atoms with Crippen LogP contribution in [0.5, 0.6) is 0 Å². The van der Waals surface area contributed by atoms with Crippen molar-refractivity contribution in [1.29, 1.82) is 0 Å². The molecule has 0 atom stereocenters. The van der Waals surface area contributed by atoms with Crippen molar-refractivity contribution in [2.75, 3.05) is 5.32 Å². The Balaban J connectivity index is 2.38. The molecule has 17 heavy (non-hydrogen) atoms. The summed E-state index contributed by atoms with van der Waals surface area (Å²) in [5.74, 6) is 0.581. The van der Waals surface area contributed by atoms with Gasteiger partial charge in [0.05, 0.1) is 15.2 Å². The van der Waals surface area contributed by atoms with Crippen LogP contribution in [0.15, 0.2) is 29.0 Å². The second-order valence-electron chi connectivity index (χ2n) is 3.44. The average molecular weight is 333 g/mol. The molecule has 0 spiro atoms. The smallest absolute Gasteiger partial charge is 0.149 e. The first-order chi connectivity index (χ1) is 8.08. The summed E-state index contributed by atoms with van der Waals surface area (Å²) in [5, 5.41) is 4.08.